The summed E-state index contributed by atoms with van der Waals surface area (Å²) in [6.07, 6.45) is -0.485. The van der Waals surface area contributed by atoms with Crippen molar-refractivity contribution in [3.05, 3.63) is 65.2 Å². The summed E-state index contributed by atoms with van der Waals surface area (Å²) in [6.45, 7) is 1.96. The van der Waals surface area contributed by atoms with Crippen LogP contribution >= 0.6 is 0 Å². The molecule has 7 heteroatoms. The van der Waals surface area contributed by atoms with Gasteiger partial charge in [0, 0.05) is 7.11 Å². The van der Waals surface area contributed by atoms with Crippen molar-refractivity contribution in [3.63, 3.8) is 0 Å². The summed E-state index contributed by atoms with van der Waals surface area (Å²) in [5.74, 6) is -0.576. The Hall–Kier alpha value is -3.19. The molecule has 0 radical (unpaired) electrons. The number of imide groups is 1. The standard InChI is InChI=1S/C21H21NO6/c1-3-27-19(23)13-28-15-10-8-14(9-11-15)18(26-2)12-22-20(24)16-6-4-5-7-17(16)21(22)25/h4-11,18H,3,12-13H2,1-2H3. The number of amides is 2. The Morgan fingerprint density at radius 2 is 1.61 bits per heavy atom. The zero-order valence-corrected chi connectivity index (χ0v) is 15.7. The van der Waals surface area contributed by atoms with Gasteiger partial charge in [-0.15, -0.1) is 0 Å². The third kappa shape index (κ3) is 4.04. The van der Waals surface area contributed by atoms with Crippen LogP contribution in [-0.2, 0) is 14.3 Å². The first kappa shape index (κ1) is 19.6. The lowest BCUT2D eigenvalue weighted by molar-refractivity contribution is -0.145. The number of rotatable bonds is 8. The van der Waals surface area contributed by atoms with Gasteiger partial charge in [0.05, 0.1) is 24.3 Å². The Bertz CT molecular complexity index is 842. The first-order valence-electron chi connectivity index (χ1n) is 8.91. The van der Waals surface area contributed by atoms with Crippen molar-refractivity contribution in [2.75, 3.05) is 26.9 Å². The fraction of sp³-hybridized carbons (Fsp3) is 0.286. The second kappa shape index (κ2) is 8.67. The van der Waals surface area contributed by atoms with Crippen molar-refractivity contribution in [1.82, 2.24) is 4.90 Å². The molecule has 1 unspecified atom stereocenters. The van der Waals surface area contributed by atoms with E-state index in [9.17, 15) is 14.4 Å². The van der Waals surface area contributed by atoms with Crippen LogP contribution in [0.3, 0.4) is 0 Å². The molecular formula is C21H21NO6. The summed E-state index contributed by atoms with van der Waals surface area (Å²) in [5, 5.41) is 0. The number of hydrogen-bond donors (Lipinski definition) is 0. The zero-order chi connectivity index (χ0) is 20.1. The number of ether oxygens (including phenoxy) is 3. The molecule has 0 spiro atoms. The topological polar surface area (TPSA) is 82.1 Å². The van der Waals surface area contributed by atoms with Gasteiger partial charge >= 0.3 is 5.97 Å². The van der Waals surface area contributed by atoms with Gasteiger partial charge in [-0.3, -0.25) is 14.5 Å². The number of methoxy groups -OCH3 is 1. The minimum absolute atomic E-state index is 0.103. The van der Waals surface area contributed by atoms with E-state index in [1.54, 1.807) is 55.5 Å². The van der Waals surface area contributed by atoms with Gasteiger partial charge in [-0.05, 0) is 36.8 Å². The predicted octanol–water partition coefficient (Wildman–Crippen LogP) is 2.61. The van der Waals surface area contributed by atoms with E-state index in [2.05, 4.69) is 0 Å². The third-order valence-corrected chi connectivity index (χ3v) is 4.42. The highest BCUT2D eigenvalue weighted by molar-refractivity contribution is 6.21. The molecule has 0 N–H and O–H groups in total. The summed E-state index contributed by atoms with van der Waals surface area (Å²) in [5.41, 5.74) is 1.60. The minimum Gasteiger partial charge on any atom is -0.482 e. The normalized spacial score (nSPS) is 14.0. The molecule has 2 aromatic rings. The van der Waals surface area contributed by atoms with Gasteiger partial charge in [0.1, 0.15) is 11.9 Å². The van der Waals surface area contributed by atoms with Crippen LogP contribution in [0.2, 0.25) is 0 Å². The number of nitrogens with zero attached hydrogens (tertiary/aromatic N) is 1. The monoisotopic (exact) mass is 383 g/mol. The number of esters is 1. The average Bonchev–Trinajstić information content (AvgIpc) is 2.96. The maximum Gasteiger partial charge on any atom is 0.344 e. The van der Waals surface area contributed by atoms with Crippen LogP contribution < -0.4 is 4.74 Å². The van der Waals surface area contributed by atoms with Crippen molar-refractivity contribution in [2.24, 2.45) is 0 Å². The first-order chi connectivity index (χ1) is 13.5. The van der Waals surface area contributed by atoms with Gasteiger partial charge in [-0.25, -0.2) is 4.79 Å². The lowest BCUT2D eigenvalue weighted by atomic mass is 10.1. The number of fused-ring (bicyclic) bond motifs is 1. The molecule has 146 valence electrons. The first-order valence-corrected chi connectivity index (χ1v) is 8.91. The number of carbonyl (C=O) groups is 3. The van der Waals surface area contributed by atoms with E-state index in [4.69, 9.17) is 14.2 Å². The Kier molecular flexibility index (Phi) is 6.06. The van der Waals surface area contributed by atoms with Gasteiger partial charge in [0.2, 0.25) is 0 Å². The van der Waals surface area contributed by atoms with Gasteiger partial charge in [0.25, 0.3) is 11.8 Å². The van der Waals surface area contributed by atoms with Crippen LogP contribution in [0.15, 0.2) is 48.5 Å². The Balaban J connectivity index is 1.67. The highest BCUT2D eigenvalue weighted by Crippen LogP contribution is 2.27. The summed E-state index contributed by atoms with van der Waals surface area (Å²) in [7, 11) is 1.52. The molecule has 0 saturated heterocycles. The molecule has 0 saturated carbocycles. The molecule has 3 rings (SSSR count). The van der Waals surface area contributed by atoms with Gasteiger partial charge in [-0.1, -0.05) is 24.3 Å². The lowest BCUT2D eigenvalue weighted by Gasteiger charge is -2.22. The van der Waals surface area contributed by atoms with Crippen molar-refractivity contribution in [1.29, 1.82) is 0 Å². The van der Waals surface area contributed by atoms with Crippen LogP contribution in [0.5, 0.6) is 5.75 Å². The fourth-order valence-electron chi connectivity index (χ4n) is 3.01. The zero-order valence-electron chi connectivity index (χ0n) is 15.7. The molecule has 0 aromatic heterocycles. The molecule has 2 amide bonds. The minimum atomic E-state index is -0.485. The highest BCUT2D eigenvalue weighted by Gasteiger charge is 2.36. The summed E-state index contributed by atoms with van der Waals surface area (Å²) < 4.78 is 15.7. The second-order valence-corrected chi connectivity index (χ2v) is 6.15. The van der Waals surface area contributed by atoms with E-state index in [0.29, 0.717) is 23.5 Å². The van der Waals surface area contributed by atoms with Crippen LogP contribution in [0, 0.1) is 0 Å². The van der Waals surface area contributed by atoms with Crippen molar-refractivity contribution < 1.29 is 28.6 Å². The molecule has 0 bridgehead atoms. The molecule has 1 aliphatic rings. The van der Waals surface area contributed by atoms with Gasteiger partial charge in [0.15, 0.2) is 6.61 Å². The van der Waals surface area contributed by atoms with E-state index in [0.717, 1.165) is 5.56 Å². The van der Waals surface area contributed by atoms with E-state index < -0.39 is 12.1 Å². The van der Waals surface area contributed by atoms with Crippen LogP contribution in [-0.4, -0.2) is 49.6 Å². The smallest absolute Gasteiger partial charge is 0.344 e. The average molecular weight is 383 g/mol. The number of carbonyl (C=O) groups excluding carboxylic acids is 3. The summed E-state index contributed by atoms with van der Waals surface area (Å²) in [6, 6.07) is 13.7. The van der Waals surface area contributed by atoms with E-state index in [1.807, 2.05) is 0 Å². The molecular weight excluding hydrogens is 362 g/mol. The molecule has 0 fully saturated rings. The van der Waals surface area contributed by atoms with Crippen molar-refractivity contribution in [2.45, 2.75) is 13.0 Å². The number of hydrogen-bond acceptors (Lipinski definition) is 6. The lowest BCUT2D eigenvalue weighted by Crippen LogP contribution is -2.34. The SMILES string of the molecule is CCOC(=O)COc1ccc(C(CN2C(=O)c3ccccc3C2=O)OC)cc1. The summed E-state index contributed by atoms with van der Waals surface area (Å²) >= 11 is 0. The van der Waals surface area contributed by atoms with Crippen LogP contribution in [0.1, 0.15) is 39.3 Å². The maximum atomic E-state index is 12.5. The highest BCUT2D eigenvalue weighted by atomic mass is 16.6. The van der Waals surface area contributed by atoms with Crippen LogP contribution in [0.4, 0.5) is 0 Å². The molecule has 28 heavy (non-hydrogen) atoms. The molecule has 0 aliphatic carbocycles. The molecule has 7 nitrogen and oxygen atoms in total. The van der Waals surface area contributed by atoms with Gasteiger partial charge in [-0.2, -0.15) is 0 Å². The Morgan fingerprint density at radius 3 is 2.14 bits per heavy atom. The second-order valence-electron chi connectivity index (χ2n) is 6.15. The largest absolute Gasteiger partial charge is 0.482 e. The number of benzene rings is 2. The van der Waals surface area contributed by atoms with Crippen LogP contribution in [0.25, 0.3) is 0 Å². The maximum absolute atomic E-state index is 12.5. The molecule has 1 atom stereocenters. The molecule has 2 aromatic carbocycles. The molecule has 1 heterocycles. The van der Waals surface area contributed by atoms with E-state index in [-0.39, 0.29) is 25.0 Å². The Labute approximate surface area is 162 Å². The van der Waals surface area contributed by atoms with Gasteiger partial charge < -0.3 is 14.2 Å². The Morgan fingerprint density at radius 1 is 1.00 bits per heavy atom. The summed E-state index contributed by atoms with van der Waals surface area (Å²) in [4.78, 5) is 37.6. The quantitative estimate of drug-likeness (QED) is 0.515. The van der Waals surface area contributed by atoms with E-state index in [1.165, 1.54) is 12.0 Å². The third-order valence-electron chi connectivity index (χ3n) is 4.42. The molecule has 1 aliphatic heterocycles. The van der Waals surface area contributed by atoms with Crippen molar-refractivity contribution in [3.8, 4) is 5.75 Å². The fourth-order valence-corrected chi connectivity index (χ4v) is 3.01. The van der Waals surface area contributed by atoms with E-state index >= 15 is 0 Å². The van der Waals surface area contributed by atoms with Crippen molar-refractivity contribution >= 4 is 17.8 Å². The predicted molar refractivity (Wildman–Crippen MR) is 100 cm³/mol.